The first-order valence-corrected chi connectivity index (χ1v) is 3.80. The molecule has 0 aromatic heterocycles. The molecule has 1 heterocycles. The van der Waals surface area contributed by atoms with Gasteiger partial charge in [-0.1, -0.05) is 0 Å². The molecule has 1 rings (SSSR count). The number of amides is 1. The number of aliphatic carboxylic acids is 1. The van der Waals surface area contributed by atoms with Crippen molar-refractivity contribution >= 4 is 12.4 Å². The summed E-state index contributed by atoms with van der Waals surface area (Å²) in [6.45, 7) is 0.578. The zero-order valence-electron chi connectivity index (χ0n) is 6.53. The molecule has 0 bridgehead atoms. The molecule has 2 N–H and O–H groups in total. The molecule has 0 aromatic carbocycles. The summed E-state index contributed by atoms with van der Waals surface area (Å²) in [6.07, 6.45) is 1.57. The fourth-order valence-electron chi connectivity index (χ4n) is 1.28. The number of carboxylic acid groups (broad SMARTS) is 1. The maximum absolute atomic E-state index is 10.6. The van der Waals surface area contributed by atoms with Gasteiger partial charge < -0.3 is 15.2 Å². The summed E-state index contributed by atoms with van der Waals surface area (Å²) in [7, 11) is 0. The highest BCUT2D eigenvalue weighted by Crippen LogP contribution is 2.15. The van der Waals surface area contributed by atoms with E-state index in [4.69, 9.17) is 9.84 Å². The maximum atomic E-state index is 10.6. The van der Waals surface area contributed by atoms with Crippen LogP contribution in [0.25, 0.3) is 0 Å². The molecule has 0 spiro atoms. The van der Waals surface area contributed by atoms with Crippen LogP contribution in [0.15, 0.2) is 0 Å². The third kappa shape index (κ3) is 1.94. The molecule has 2 unspecified atom stereocenters. The zero-order valence-corrected chi connectivity index (χ0v) is 6.53. The quantitative estimate of drug-likeness (QED) is 0.555. The fourth-order valence-corrected chi connectivity index (χ4v) is 1.28. The van der Waals surface area contributed by atoms with Crippen LogP contribution in [0, 0.1) is 0 Å². The van der Waals surface area contributed by atoms with Crippen LogP contribution in [0.5, 0.6) is 0 Å². The largest absolute Gasteiger partial charge is 0.480 e. The van der Waals surface area contributed by atoms with E-state index in [9.17, 15) is 9.59 Å². The van der Waals surface area contributed by atoms with Gasteiger partial charge in [-0.05, 0) is 12.8 Å². The standard InChI is InChI=1S/C7H11NO4/c9-4-8-6(7(10)11)5-2-1-3-12-5/h4-6H,1-3H2,(H,8,9)(H,10,11). The molecule has 5 heteroatoms. The zero-order chi connectivity index (χ0) is 8.97. The number of nitrogens with one attached hydrogen (secondary N) is 1. The molecular weight excluding hydrogens is 162 g/mol. The van der Waals surface area contributed by atoms with E-state index < -0.39 is 12.0 Å². The Balaban J connectivity index is 2.51. The Bertz CT molecular complexity index is 176. The molecule has 68 valence electrons. The molecule has 2 atom stereocenters. The van der Waals surface area contributed by atoms with Crippen molar-refractivity contribution in [1.29, 1.82) is 0 Å². The summed E-state index contributed by atoms with van der Waals surface area (Å²) in [6, 6.07) is -0.898. The van der Waals surface area contributed by atoms with Crippen molar-refractivity contribution in [2.24, 2.45) is 0 Å². The summed E-state index contributed by atoms with van der Waals surface area (Å²) < 4.78 is 5.13. The molecule has 1 saturated heterocycles. The SMILES string of the molecule is O=CNC(C(=O)O)C1CCCO1. The lowest BCUT2D eigenvalue weighted by molar-refractivity contribution is -0.144. The Morgan fingerprint density at radius 1 is 1.75 bits per heavy atom. The van der Waals surface area contributed by atoms with Gasteiger partial charge in [0.2, 0.25) is 6.41 Å². The average molecular weight is 173 g/mol. The van der Waals surface area contributed by atoms with Gasteiger partial charge in [0.05, 0.1) is 6.10 Å². The minimum Gasteiger partial charge on any atom is -0.480 e. The Hall–Kier alpha value is -1.10. The molecule has 0 radical (unpaired) electrons. The van der Waals surface area contributed by atoms with E-state index in [-0.39, 0.29) is 6.10 Å². The highest BCUT2D eigenvalue weighted by Gasteiger charge is 2.30. The van der Waals surface area contributed by atoms with Crippen LogP contribution < -0.4 is 5.32 Å². The highest BCUT2D eigenvalue weighted by molar-refractivity contribution is 5.77. The normalized spacial score (nSPS) is 24.8. The number of carbonyl (C=O) groups excluding carboxylic acids is 1. The van der Waals surface area contributed by atoms with Gasteiger partial charge in [-0.2, -0.15) is 0 Å². The van der Waals surface area contributed by atoms with Crippen molar-refractivity contribution in [3.8, 4) is 0 Å². The van der Waals surface area contributed by atoms with Crippen LogP contribution >= 0.6 is 0 Å². The summed E-state index contributed by atoms with van der Waals surface area (Å²) >= 11 is 0. The predicted octanol–water partition coefficient (Wildman–Crippen LogP) is -0.635. The van der Waals surface area contributed by atoms with E-state index >= 15 is 0 Å². The summed E-state index contributed by atoms with van der Waals surface area (Å²) in [5, 5.41) is 10.9. The molecule has 1 amide bonds. The minimum absolute atomic E-state index is 0.368. The second kappa shape index (κ2) is 4.06. The van der Waals surface area contributed by atoms with E-state index in [1.54, 1.807) is 0 Å². The van der Waals surface area contributed by atoms with Gasteiger partial charge >= 0.3 is 5.97 Å². The van der Waals surface area contributed by atoms with Crippen LogP contribution in [0.4, 0.5) is 0 Å². The molecule has 12 heavy (non-hydrogen) atoms. The number of hydrogen-bond donors (Lipinski definition) is 2. The van der Waals surface area contributed by atoms with Crippen molar-refractivity contribution in [2.45, 2.75) is 25.0 Å². The molecule has 1 aliphatic heterocycles. The second-order valence-corrected chi connectivity index (χ2v) is 2.65. The number of carboxylic acids is 1. The molecular formula is C7H11NO4. The summed E-state index contributed by atoms with van der Waals surface area (Å²) in [5.41, 5.74) is 0. The van der Waals surface area contributed by atoms with E-state index in [0.717, 1.165) is 6.42 Å². The lowest BCUT2D eigenvalue weighted by Gasteiger charge is -2.17. The maximum Gasteiger partial charge on any atom is 0.328 e. The highest BCUT2D eigenvalue weighted by atomic mass is 16.5. The van der Waals surface area contributed by atoms with Crippen LogP contribution in [0.3, 0.4) is 0 Å². The van der Waals surface area contributed by atoms with Crippen LogP contribution in [0.1, 0.15) is 12.8 Å². The second-order valence-electron chi connectivity index (χ2n) is 2.65. The van der Waals surface area contributed by atoms with Crippen LogP contribution in [-0.4, -0.2) is 36.2 Å². The molecule has 5 nitrogen and oxygen atoms in total. The summed E-state index contributed by atoms with van der Waals surface area (Å²) in [5.74, 6) is -1.05. The number of hydrogen-bond acceptors (Lipinski definition) is 3. The van der Waals surface area contributed by atoms with E-state index in [0.29, 0.717) is 19.4 Å². The lowest BCUT2D eigenvalue weighted by Crippen LogP contribution is -2.45. The van der Waals surface area contributed by atoms with Gasteiger partial charge in [0, 0.05) is 6.61 Å². The average Bonchev–Trinajstić information content (AvgIpc) is 2.51. The van der Waals surface area contributed by atoms with Crippen molar-refractivity contribution in [3.05, 3.63) is 0 Å². The first-order chi connectivity index (χ1) is 5.75. The van der Waals surface area contributed by atoms with Crippen molar-refractivity contribution < 1.29 is 19.4 Å². The Morgan fingerprint density at radius 3 is 2.92 bits per heavy atom. The van der Waals surface area contributed by atoms with Gasteiger partial charge in [0.1, 0.15) is 0 Å². The first kappa shape index (κ1) is 8.99. The Kier molecular flexibility index (Phi) is 3.04. The Morgan fingerprint density at radius 2 is 2.50 bits per heavy atom. The molecule has 1 aliphatic rings. The van der Waals surface area contributed by atoms with Crippen LogP contribution in [-0.2, 0) is 14.3 Å². The van der Waals surface area contributed by atoms with E-state index in [1.807, 2.05) is 0 Å². The topological polar surface area (TPSA) is 75.6 Å². The monoisotopic (exact) mass is 173 g/mol. The van der Waals surface area contributed by atoms with Crippen molar-refractivity contribution in [2.75, 3.05) is 6.61 Å². The first-order valence-electron chi connectivity index (χ1n) is 3.80. The fraction of sp³-hybridized carbons (Fsp3) is 0.714. The van der Waals surface area contributed by atoms with E-state index in [1.165, 1.54) is 0 Å². The van der Waals surface area contributed by atoms with Crippen LogP contribution in [0.2, 0.25) is 0 Å². The van der Waals surface area contributed by atoms with Gasteiger partial charge in [-0.15, -0.1) is 0 Å². The molecule has 1 fully saturated rings. The number of rotatable bonds is 4. The smallest absolute Gasteiger partial charge is 0.328 e. The van der Waals surface area contributed by atoms with E-state index in [2.05, 4.69) is 5.32 Å². The molecule has 0 aliphatic carbocycles. The molecule has 0 aromatic rings. The van der Waals surface area contributed by atoms with Gasteiger partial charge in [0.25, 0.3) is 0 Å². The third-order valence-electron chi connectivity index (χ3n) is 1.85. The van der Waals surface area contributed by atoms with Gasteiger partial charge in [-0.25, -0.2) is 4.79 Å². The van der Waals surface area contributed by atoms with Crippen molar-refractivity contribution in [1.82, 2.24) is 5.32 Å². The third-order valence-corrected chi connectivity index (χ3v) is 1.85. The number of ether oxygens (including phenoxy) is 1. The summed E-state index contributed by atoms with van der Waals surface area (Å²) in [4.78, 5) is 20.6. The molecule has 0 saturated carbocycles. The Labute approximate surface area is 69.7 Å². The lowest BCUT2D eigenvalue weighted by atomic mass is 10.1. The minimum atomic E-state index is -1.05. The van der Waals surface area contributed by atoms with Gasteiger partial charge in [0.15, 0.2) is 6.04 Å². The predicted molar refractivity (Wildman–Crippen MR) is 39.6 cm³/mol. The van der Waals surface area contributed by atoms with Gasteiger partial charge in [-0.3, -0.25) is 4.79 Å². The van der Waals surface area contributed by atoms with Crippen molar-refractivity contribution in [3.63, 3.8) is 0 Å². The number of carbonyl (C=O) groups is 2.